The predicted octanol–water partition coefficient (Wildman–Crippen LogP) is 3.03. The fourth-order valence-corrected chi connectivity index (χ4v) is 5.81. The van der Waals surface area contributed by atoms with Crippen LogP contribution in [-0.4, -0.2) is 115 Å². The summed E-state index contributed by atoms with van der Waals surface area (Å²) in [5.41, 5.74) is 2.79. The van der Waals surface area contributed by atoms with Crippen LogP contribution in [0.2, 0.25) is 5.02 Å². The first-order valence-corrected chi connectivity index (χ1v) is 17.8. The molecule has 1 saturated heterocycles. The maximum atomic E-state index is 12.9. The number of carbonyl (C=O) groups excluding carboxylic acids is 4. The number of amides is 4. The zero-order valence-corrected chi connectivity index (χ0v) is 31.4. The van der Waals surface area contributed by atoms with Crippen molar-refractivity contribution in [1.82, 2.24) is 36.0 Å². The van der Waals surface area contributed by atoms with Crippen molar-refractivity contribution >= 4 is 69.2 Å². The van der Waals surface area contributed by atoms with E-state index in [-0.39, 0.29) is 44.7 Å². The average molecular weight is 761 g/mol. The van der Waals surface area contributed by atoms with Crippen LogP contribution in [0.15, 0.2) is 30.5 Å². The Morgan fingerprint density at radius 3 is 2.38 bits per heavy atom. The van der Waals surface area contributed by atoms with Gasteiger partial charge in [-0.05, 0) is 46.2 Å². The Balaban J connectivity index is 1.10. The van der Waals surface area contributed by atoms with Gasteiger partial charge in [-0.3, -0.25) is 24.1 Å². The van der Waals surface area contributed by atoms with Crippen molar-refractivity contribution in [3.63, 3.8) is 0 Å². The number of carbonyl (C=O) groups is 4. The van der Waals surface area contributed by atoms with E-state index in [0.717, 1.165) is 11.4 Å². The summed E-state index contributed by atoms with van der Waals surface area (Å²) in [6.45, 7) is 12.5. The summed E-state index contributed by atoms with van der Waals surface area (Å²) in [7, 11) is 0. The normalized spacial score (nSPS) is 13.3. The fraction of sp³-hybridized carbons (Fsp3) is 0.485. The zero-order chi connectivity index (χ0) is 37.7. The van der Waals surface area contributed by atoms with Gasteiger partial charge in [0.15, 0.2) is 11.7 Å². The van der Waals surface area contributed by atoms with Crippen LogP contribution in [0.25, 0.3) is 0 Å². The van der Waals surface area contributed by atoms with Gasteiger partial charge in [-0.25, -0.2) is 19.7 Å². The average Bonchev–Trinajstić information content (AvgIpc) is 3.54. The van der Waals surface area contributed by atoms with Crippen LogP contribution in [0.1, 0.15) is 41.8 Å². The summed E-state index contributed by atoms with van der Waals surface area (Å²) in [5, 5.41) is 12.5. The van der Waals surface area contributed by atoms with Gasteiger partial charge in [-0.15, -0.1) is 0 Å². The number of para-hydroxylation sites is 1. The zero-order valence-electron chi connectivity index (χ0n) is 29.8. The van der Waals surface area contributed by atoms with Gasteiger partial charge < -0.3 is 35.6 Å². The Labute approximate surface area is 311 Å². The largest absolute Gasteiger partial charge is 0.442 e. The molecule has 2 aromatic heterocycles. The molecule has 19 heteroatoms. The lowest BCUT2D eigenvalue weighted by molar-refractivity contribution is -0.128. The number of hydrogen-bond donors (Lipinski definition) is 5. The fourth-order valence-electron chi connectivity index (χ4n) is 4.82. The molecular weight excluding hydrogens is 716 g/mol. The molecule has 1 aliphatic heterocycles. The number of rotatable bonds is 16. The number of hydroxylamine groups is 1. The number of halogens is 1. The van der Waals surface area contributed by atoms with Crippen LogP contribution >= 0.6 is 22.9 Å². The second-order valence-electron chi connectivity index (χ2n) is 12.7. The van der Waals surface area contributed by atoms with E-state index in [1.165, 1.54) is 17.5 Å². The van der Waals surface area contributed by atoms with E-state index in [1.807, 2.05) is 37.5 Å². The third kappa shape index (κ3) is 13.5. The maximum Gasteiger partial charge on any atom is 0.431 e. The van der Waals surface area contributed by atoms with Gasteiger partial charge in [0.2, 0.25) is 11.8 Å². The Morgan fingerprint density at radius 1 is 0.981 bits per heavy atom. The summed E-state index contributed by atoms with van der Waals surface area (Å²) in [4.78, 5) is 71.5. The van der Waals surface area contributed by atoms with E-state index in [4.69, 9.17) is 25.9 Å². The maximum absolute atomic E-state index is 12.9. The van der Waals surface area contributed by atoms with Crippen molar-refractivity contribution in [1.29, 1.82) is 0 Å². The number of aryl methyl sites for hydroxylation is 2. The molecular formula is C33H45ClN10O7S. The molecule has 52 heavy (non-hydrogen) atoms. The predicted molar refractivity (Wildman–Crippen MR) is 197 cm³/mol. The minimum atomic E-state index is -0.785. The first kappa shape index (κ1) is 40.2. The number of thiazole rings is 1. The molecule has 0 spiro atoms. The lowest BCUT2D eigenvalue weighted by Crippen LogP contribution is -2.50. The molecule has 0 bridgehead atoms. The highest BCUT2D eigenvalue weighted by molar-refractivity contribution is 7.17. The van der Waals surface area contributed by atoms with Crippen LogP contribution in [-0.2, 0) is 23.9 Å². The monoisotopic (exact) mass is 760 g/mol. The van der Waals surface area contributed by atoms with Crippen molar-refractivity contribution in [3.8, 4) is 0 Å². The lowest BCUT2D eigenvalue weighted by Gasteiger charge is -2.35. The van der Waals surface area contributed by atoms with Gasteiger partial charge in [0.25, 0.3) is 5.91 Å². The molecule has 0 aliphatic carbocycles. The van der Waals surface area contributed by atoms with Crippen molar-refractivity contribution in [2.45, 2.75) is 40.2 Å². The number of anilines is 4. The molecule has 0 unspecified atom stereocenters. The molecule has 0 radical (unpaired) electrons. The van der Waals surface area contributed by atoms with Gasteiger partial charge in [0, 0.05) is 45.3 Å². The second kappa shape index (κ2) is 19.3. The van der Waals surface area contributed by atoms with Crippen LogP contribution in [0.3, 0.4) is 0 Å². The molecule has 5 N–H and O–H groups in total. The molecule has 17 nitrogen and oxygen atoms in total. The molecule has 3 aromatic rings. The highest BCUT2D eigenvalue weighted by Crippen LogP contribution is 2.28. The van der Waals surface area contributed by atoms with Crippen molar-refractivity contribution < 1.29 is 33.5 Å². The number of piperazine rings is 1. The van der Waals surface area contributed by atoms with Crippen molar-refractivity contribution in [2.24, 2.45) is 0 Å². The molecule has 1 fully saturated rings. The van der Waals surface area contributed by atoms with Crippen LogP contribution in [0.5, 0.6) is 0 Å². The summed E-state index contributed by atoms with van der Waals surface area (Å²) >= 11 is 7.46. The summed E-state index contributed by atoms with van der Waals surface area (Å²) in [6, 6.07) is 7.26. The number of nitrogens with one attached hydrogen (secondary N) is 5. The van der Waals surface area contributed by atoms with Gasteiger partial charge in [-0.2, -0.15) is 5.48 Å². The van der Waals surface area contributed by atoms with Gasteiger partial charge in [0.1, 0.15) is 27.9 Å². The van der Waals surface area contributed by atoms with Gasteiger partial charge >= 0.3 is 6.09 Å². The number of hydrogen-bond acceptors (Lipinski definition) is 14. The Bertz CT molecular complexity index is 1680. The molecule has 3 heterocycles. The second-order valence-corrected chi connectivity index (χ2v) is 14.1. The molecule has 0 saturated carbocycles. The quantitative estimate of drug-likeness (QED) is 0.106. The third-order valence-corrected chi connectivity index (χ3v) is 8.43. The van der Waals surface area contributed by atoms with Crippen LogP contribution in [0.4, 0.5) is 27.2 Å². The molecule has 1 aliphatic rings. The molecule has 4 amide bonds. The van der Waals surface area contributed by atoms with Crippen molar-refractivity contribution in [2.75, 3.05) is 81.2 Å². The topological polar surface area (TPSA) is 201 Å². The number of aromatic nitrogens is 3. The summed E-state index contributed by atoms with van der Waals surface area (Å²) in [5.74, 6) is 1.04. The standard InChI is InChI=1S/C33H45ClN10O7S/c1-21-7-6-8-23(34)29(21)41-30(47)24-18-37-31(52-24)40-25-17-26(39-22(2)38-25)44-13-11-43(12-14-44)19-27(45)35-9-15-49-16-10-36-28(46)20-50-42-32(48)51-33(3,4)5/h6-8,17-18H,9-16,19-20H2,1-5H3,(H,35,45)(H,36,46)(H,41,47)(H,42,48)(H,37,38,39,40). The van der Waals surface area contributed by atoms with E-state index in [1.54, 1.807) is 26.8 Å². The van der Waals surface area contributed by atoms with E-state index in [2.05, 4.69) is 46.0 Å². The van der Waals surface area contributed by atoms with Gasteiger partial charge in [-0.1, -0.05) is 35.1 Å². The number of ether oxygens (including phenoxy) is 2. The SMILES string of the molecule is Cc1nc(Nc2ncc(C(=O)Nc3c(C)cccc3Cl)s2)cc(N2CCN(CC(=O)NCCOCCNC(=O)CONC(=O)OC(C)(C)C)CC2)n1. The van der Waals surface area contributed by atoms with E-state index < -0.39 is 17.6 Å². The number of nitrogens with zero attached hydrogens (tertiary/aromatic N) is 5. The Morgan fingerprint density at radius 2 is 1.69 bits per heavy atom. The third-order valence-electron chi connectivity index (χ3n) is 7.21. The molecule has 4 rings (SSSR count). The first-order chi connectivity index (χ1) is 24.8. The van der Waals surface area contributed by atoms with Gasteiger partial charge in [0.05, 0.1) is 36.7 Å². The minimum Gasteiger partial charge on any atom is -0.442 e. The highest BCUT2D eigenvalue weighted by atomic mass is 35.5. The number of benzene rings is 1. The van der Waals surface area contributed by atoms with E-state index >= 15 is 0 Å². The summed E-state index contributed by atoms with van der Waals surface area (Å²) < 4.78 is 10.5. The molecule has 0 atom stereocenters. The molecule has 1 aromatic carbocycles. The summed E-state index contributed by atoms with van der Waals surface area (Å²) in [6.07, 6.45) is 0.718. The Kier molecular flexibility index (Phi) is 14.9. The van der Waals surface area contributed by atoms with E-state index in [9.17, 15) is 19.2 Å². The first-order valence-electron chi connectivity index (χ1n) is 16.6. The molecule has 282 valence electrons. The van der Waals surface area contributed by atoms with Crippen LogP contribution < -0.4 is 31.6 Å². The lowest BCUT2D eigenvalue weighted by atomic mass is 10.2. The smallest absolute Gasteiger partial charge is 0.431 e. The van der Waals surface area contributed by atoms with Crippen LogP contribution in [0, 0.1) is 13.8 Å². The highest BCUT2D eigenvalue weighted by Gasteiger charge is 2.22. The van der Waals surface area contributed by atoms with Crippen molar-refractivity contribution in [3.05, 3.63) is 51.7 Å². The van der Waals surface area contributed by atoms with E-state index in [0.29, 0.717) is 65.1 Å². The minimum absolute atomic E-state index is 0.108. The Hall–Kier alpha value is -4.62.